The quantitative estimate of drug-likeness (QED) is 0.140. The van der Waals surface area contributed by atoms with Gasteiger partial charge in [-0.1, -0.05) is 0 Å². The molecule has 10 atom stereocenters. The molecule has 0 aromatic carbocycles. The van der Waals surface area contributed by atoms with E-state index in [1.165, 1.54) is 28.0 Å². The number of nitrogen functional groups attached to an aromatic ring is 2. The number of phosphoric acid groups is 1. The van der Waals surface area contributed by atoms with Gasteiger partial charge in [0.15, 0.2) is 42.7 Å². The summed E-state index contributed by atoms with van der Waals surface area (Å²) >= 11 is 0. The summed E-state index contributed by atoms with van der Waals surface area (Å²) in [6.07, 6.45) is -8.22. The van der Waals surface area contributed by atoms with Crippen LogP contribution in [-0.2, 0) is 36.9 Å². The standard InChI is InChI=1S/C21H25N9O12P2/c22-15-8-1-2-29(17(8)26-4-24-15)19-11(31)13-9(39-19)3-38-44(35,36)42-14-12(32)20(40-21(14)37-7-43(33,34)41-13)30-6-28-10-16(23)25-5-27-18(10)30/h1-2,4-6,9,11-14,19-21,31-32H,3,7H2,(H,33,34)(H,35,36)(H2,22,24,26)(H2,23,25,27)/t9-,11?,12?,13?,14?,19-,20-,21+/m1/s1. The van der Waals surface area contributed by atoms with Gasteiger partial charge in [0, 0.05) is 6.20 Å². The Labute approximate surface area is 245 Å². The summed E-state index contributed by atoms with van der Waals surface area (Å²) in [5, 5.41) is 22.7. The van der Waals surface area contributed by atoms with Gasteiger partial charge in [-0.3, -0.25) is 22.7 Å². The van der Waals surface area contributed by atoms with Crippen molar-refractivity contribution in [1.82, 2.24) is 34.1 Å². The highest BCUT2D eigenvalue weighted by molar-refractivity contribution is 7.52. The van der Waals surface area contributed by atoms with Gasteiger partial charge in [-0.15, -0.1) is 0 Å². The van der Waals surface area contributed by atoms with Gasteiger partial charge in [-0.05, 0) is 6.07 Å². The SMILES string of the molecule is Nc1ncnc2c1ccn2[C@@H]1O[C@@H]2COP(=O)(O)OC3C(O)[C@H](n4cnc5c(N)ncnc54)O[C@@H]3OCP(=O)(O)OC2C1O. The van der Waals surface area contributed by atoms with Crippen molar-refractivity contribution in [2.75, 3.05) is 24.4 Å². The molecule has 3 aliphatic rings. The number of aromatic nitrogens is 7. The largest absolute Gasteiger partial charge is 0.472 e. The van der Waals surface area contributed by atoms with Crippen LogP contribution >= 0.6 is 15.4 Å². The molecule has 7 heterocycles. The number of nitrogens with zero attached hydrogens (tertiary/aromatic N) is 7. The number of hydrogen-bond donors (Lipinski definition) is 6. The Morgan fingerprint density at radius 3 is 2.36 bits per heavy atom. The van der Waals surface area contributed by atoms with Crippen LogP contribution in [0.4, 0.5) is 11.6 Å². The van der Waals surface area contributed by atoms with Crippen LogP contribution in [0.1, 0.15) is 12.5 Å². The number of nitrogens with two attached hydrogens (primary N) is 2. The summed E-state index contributed by atoms with van der Waals surface area (Å²) in [4.78, 5) is 41.4. The van der Waals surface area contributed by atoms with Crippen LogP contribution in [0.3, 0.4) is 0 Å². The molecule has 0 spiro atoms. The number of imidazole rings is 1. The average molecular weight is 657 g/mol. The Hall–Kier alpha value is -3.17. The summed E-state index contributed by atoms with van der Waals surface area (Å²) in [5.41, 5.74) is 12.3. The maximum Gasteiger partial charge on any atom is 0.472 e. The number of aliphatic hydroxyl groups is 2. The van der Waals surface area contributed by atoms with Crippen LogP contribution in [0.25, 0.3) is 22.2 Å². The fourth-order valence-corrected chi connectivity index (χ4v) is 7.27. The summed E-state index contributed by atoms with van der Waals surface area (Å²) in [6.45, 7) is -0.747. The van der Waals surface area contributed by atoms with E-state index in [9.17, 15) is 29.1 Å². The molecule has 4 aromatic rings. The zero-order chi connectivity index (χ0) is 31.0. The molecule has 23 heteroatoms. The molecule has 44 heavy (non-hydrogen) atoms. The Kier molecular flexibility index (Phi) is 7.20. The Morgan fingerprint density at radius 1 is 0.864 bits per heavy atom. The molecule has 0 amide bonds. The van der Waals surface area contributed by atoms with Gasteiger partial charge in [0.25, 0.3) is 0 Å². The van der Waals surface area contributed by atoms with E-state index in [1.54, 1.807) is 6.07 Å². The van der Waals surface area contributed by atoms with E-state index in [0.29, 0.717) is 5.39 Å². The highest BCUT2D eigenvalue weighted by Crippen LogP contribution is 2.53. The minimum Gasteiger partial charge on any atom is -0.386 e. The Bertz CT molecular complexity index is 1690. The molecule has 21 nitrogen and oxygen atoms in total. The number of anilines is 2. The molecule has 3 fully saturated rings. The van der Waals surface area contributed by atoms with Crippen LogP contribution < -0.4 is 11.5 Å². The first-order chi connectivity index (χ1) is 20.9. The molecule has 3 aliphatic heterocycles. The number of aliphatic hydroxyl groups excluding tert-OH is 2. The van der Waals surface area contributed by atoms with Gasteiger partial charge in [0.05, 0.1) is 18.3 Å². The summed E-state index contributed by atoms with van der Waals surface area (Å²) in [7, 11) is -9.72. The van der Waals surface area contributed by atoms with Crippen LogP contribution in [-0.4, -0.2) is 104 Å². The second-order valence-corrected chi connectivity index (χ2v) is 13.2. The number of rotatable bonds is 2. The van der Waals surface area contributed by atoms with Gasteiger partial charge in [-0.25, -0.2) is 29.5 Å². The lowest BCUT2D eigenvalue weighted by molar-refractivity contribution is -0.168. The van der Waals surface area contributed by atoms with E-state index in [0.717, 1.165) is 6.33 Å². The molecule has 0 bridgehead atoms. The van der Waals surface area contributed by atoms with Crippen molar-refractivity contribution in [3.05, 3.63) is 31.2 Å². The van der Waals surface area contributed by atoms with Crippen molar-refractivity contribution in [2.45, 2.75) is 49.3 Å². The molecule has 0 saturated carbocycles. The van der Waals surface area contributed by atoms with Gasteiger partial charge < -0.3 is 50.2 Å². The van der Waals surface area contributed by atoms with Gasteiger partial charge in [0.2, 0.25) is 0 Å². The lowest BCUT2D eigenvalue weighted by Crippen LogP contribution is -2.38. The Balaban J connectivity index is 1.17. The van der Waals surface area contributed by atoms with Crippen molar-refractivity contribution in [3.8, 4) is 0 Å². The fraction of sp³-hybridized carbons (Fsp3) is 0.476. The molecular weight excluding hydrogens is 632 g/mol. The lowest BCUT2D eigenvalue weighted by atomic mass is 10.1. The maximum absolute atomic E-state index is 13.2. The Morgan fingerprint density at radius 2 is 1.57 bits per heavy atom. The van der Waals surface area contributed by atoms with E-state index < -0.39 is 77.6 Å². The molecule has 7 rings (SSSR count). The van der Waals surface area contributed by atoms with Crippen LogP contribution in [0.2, 0.25) is 0 Å². The zero-order valence-corrected chi connectivity index (χ0v) is 23.9. The molecule has 8 N–H and O–H groups in total. The van der Waals surface area contributed by atoms with Crippen molar-refractivity contribution in [2.24, 2.45) is 0 Å². The molecule has 3 saturated heterocycles. The van der Waals surface area contributed by atoms with Crippen LogP contribution in [0, 0.1) is 0 Å². The fourth-order valence-electron chi connectivity index (χ4n) is 5.30. The number of phosphoric ester groups is 1. The van der Waals surface area contributed by atoms with Crippen LogP contribution in [0.5, 0.6) is 0 Å². The molecule has 236 valence electrons. The van der Waals surface area contributed by atoms with Gasteiger partial charge >= 0.3 is 15.4 Å². The predicted octanol–water partition coefficient (Wildman–Crippen LogP) is -1.03. The highest BCUT2D eigenvalue weighted by Gasteiger charge is 2.54. The topological polar surface area (TPSA) is 297 Å². The number of fused-ring (bicyclic) bond motifs is 4. The molecule has 6 unspecified atom stereocenters. The van der Waals surface area contributed by atoms with Gasteiger partial charge in [0.1, 0.15) is 54.1 Å². The van der Waals surface area contributed by atoms with E-state index in [2.05, 4.69) is 24.9 Å². The molecule has 0 radical (unpaired) electrons. The highest BCUT2D eigenvalue weighted by atomic mass is 31.2. The third-order valence-corrected chi connectivity index (χ3v) is 9.33. The zero-order valence-electron chi connectivity index (χ0n) is 22.2. The number of ether oxygens (including phenoxy) is 3. The van der Waals surface area contributed by atoms with Crippen LogP contribution in [0.15, 0.2) is 31.2 Å². The van der Waals surface area contributed by atoms with Gasteiger partial charge in [-0.2, -0.15) is 0 Å². The third-order valence-electron chi connectivity index (χ3n) is 7.30. The summed E-state index contributed by atoms with van der Waals surface area (Å²) < 4.78 is 61.8. The predicted molar refractivity (Wildman–Crippen MR) is 143 cm³/mol. The maximum atomic E-state index is 13.2. The summed E-state index contributed by atoms with van der Waals surface area (Å²) in [6, 6.07) is 1.58. The molecule has 0 aliphatic carbocycles. The second kappa shape index (κ2) is 10.7. The summed E-state index contributed by atoms with van der Waals surface area (Å²) in [5.74, 6) is 0.213. The van der Waals surface area contributed by atoms with Crippen molar-refractivity contribution in [1.29, 1.82) is 0 Å². The van der Waals surface area contributed by atoms with Crippen molar-refractivity contribution in [3.63, 3.8) is 0 Å². The minimum absolute atomic E-state index is 0.0476. The van der Waals surface area contributed by atoms with E-state index >= 15 is 0 Å². The van der Waals surface area contributed by atoms with E-state index in [-0.39, 0.29) is 28.4 Å². The first kappa shape index (κ1) is 29.5. The monoisotopic (exact) mass is 657 g/mol. The second-order valence-electron chi connectivity index (χ2n) is 10.1. The normalized spacial score (nSPS) is 38.3. The van der Waals surface area contributed by atoms with Crippen molar-refractivity contribution >= 4 is 49.3 Å². The molecule has 4 aromatic heterocycles. The average Bonchev–Trinajstić information content (AvgIpc) is 3.73. The number of hydrogen-bond acceptors (Lipinski definition) is 17. The first-order valence-corrected chi connectivity index (χ1v) is 16.1. The minimum atomic E-state index is -5.01. The third kappa shape index (κ3) is 5.06. The van der Waals surface area contributed by atoms with E-state index in [4.69, 9.17) is 39.2 Å². The smallest absolute Gasteiger partial charge is 0.386 e. The first-order valence-electron chi connectivity index (χ1n) is 12.9. The molecular formula is C21H25N9O12P2. The van der Waals surface area contributed by atoms with E-state index in [1.807, 2.05) is 0 Å². The van der Waals surface area contributed by atoms with Crippen molar-refractivity contribution < 1.29 is 56.9 Å². The lowest BCUT2D eigenvalue weighted by Gasteiger charge is -2.28.